The van der Waals surface area contributed by atoms with Crippen molar-refractivity contribution in [2.75, 3.05) is 26.0 Å². The van der Waals surface area contributed by atoms with Crippen LogP contribution in [0.15, 0.2) is 41.3 Å². The quantitative estimate of drug-likeness (QED) is 0.776. The van der Waals surface area contributed by atoms with E-state index in [-0.39, 0.29) is 10.6 Å². The Morgan fingerprint density at radius 1 is 1.19 bits per heavy atom. The summed E-state index contributed by atoms with van der Waals surface area (Å²) in [7, 11) is -1.69. The highest BCUT2D eigenvalue weighted by Gasteiger charge is 2.27. The number of hydrogen-bond donors (Lipinski definition) is 1. The van der Waals surface area contributed by atoms with Crippen LogP contribution in [0.2, 0.25) is 10.0 Å². The van der Waals surface area contributed by atoms with E-state index in [1.165, 1.54) is 38.4 Å². The summed E-state index contributed by atoms with van der Waals surface area (Å²) < 4.78 is 44.4. The average Bonchev–Trinajstić information content (AvgIpc) is 2.53. The lowest BCUT2D eigenvalue weighted by atomic mass is 10.3. The first-order chi connectivity index (χ1) is 12.1. The predicted octanol–water partition coefficient (Wildman–Crippen LogP) is 3.40. The molecular weight excluding hydrogens is 406 g/mol. The molecule has 2 aromatic carbocycles. The van der Waals surface area contributed by atoms with Crippen LogP contribution in [0.1, 0.15) is 0 Å². The Labute approximate surface area is 160 Å². The van der Waals surface area contributed by atoms with E-state index in [0.717, 1.165) is 16.4 Å². The molecule has 6 nitrogen and oxygen atoms in total. The highest BCUT2D eigenvalue weighted by molar-refractivity contribution is 7.89. The fraction of sp³-hybridized carbons (Fsp3) is 0.188. The summed E-state index contributed by atoms with van der Waals surface area (Å²) in [6, 6.07) is 7.54. The van der Waals surface area contributed by atoms with E-state index in [4.69, 9.17) is 27.9 Å². The van der Waals surface area contributed by atoms with Crippen molar-refractivity contribution in [3.63, 3.8) is 0 Å². The van der Waals surface area contributed by atoms with E-state index in [2.05, 4.69) is 5.32 Å². The first-order valence-electron chi connectivity index (χ1n) is 7.19. The number of amides is 1. The number of methoxy groups -OCH3 is 1. The number of hydrogen-bond acceptors (Lipinski definition) is 4. The Kier molecular flexibility index (Phi) is 6.46. The van der Waals surface area contributed by atoms with Crippen LogP contribution in [-0.2, 0) is 14.8 Å². The highest BCUT2D eigenvalue weighted by Crippen LogP contribution is 2.27. The Hall–Kier alpha value is -1.87. The molecule has 2 aromatic rings. The second kappa shape index (κ2) is 8.22. The van der Waals surface area contributed by atoms with E-state index >= 15 is 0 Å². The number of sulfonamides is 1. The molecular formula is C16H15Cl2FN2O4S. The molecule has 26 heavy (non-hydrogen) atoms. The molecule has 0 aliphatic rings. The number of nitrogens with zero attached hydrogens (tertiary/aromatic N) is 1. The molecule has 0 atom stereocenters. The maximum absolute atomic E-state index is 13.5. The van der Waals surface area contributed by atoms with E-state index in [9.17, 15) is 17.6 Å². The van der Waals surface area contributed by atoms with Crippen LogP contribution in [0.4, 0.5) is 10.1 Å². The second-order valence-corrected chi connectivity index (χ2v) is 8.15. The Bertz CT molecular complexity index is 918. The van der Waals surface area contributed by atoms with Crippen molar-refractivity contribution in [3.05, 3.63) is 52.3 Å². The van der Waals surface area contributed by atoms with Gasteiger partial charge in [-0.15, -0.1) is 0 Å². The fourth-order valence-corrected chi connectivity index (χ4v) is 3.95. The summed E-state index contributed by atoms with van der Waals surface area (Å²) in [6.07, 6.45) is 0. The summed E-state index contributed by atoms with van der Waals surface area (Å²) in [5.41, 5.74) is 0.321. The molecule has 0 radical (unpaired) electrons. The predicted molar refractivity (Wildman–Crippen MR) is 97.9 cm³/mol. The van der Waals surface area contributed by atoms with Gasteiger partial charge in [-0.2, -0.15) is 4.31 Å². The van der Waals surface area contributed by atoms with E-state index < -0.39 is 28.3 Å². The lowest BCUT2D eigenvalue weighted by Gasteiger charge is -2.18. The van der Waals surface area contributed by atoms with Crippen LogP contribution in [0.3, 0.4) is 0 Å². The molecule has 1 amide bonds. The molecule has 0 fully saturated rings. The molecule has 0 unspecified atom stereocenters. The van der Waals surface area contributed by atoms with Gasteiger partial charge in [0.1, 0.15) is 16.5 Å². The van der Waals surface area contributed by atoms with Gasteiger partial charge in [0.2, 0.25) is 15.9 Å². The number of carbonyl (C=O) groups is 1. The van der Waals surface area contributed by atoms with Crippen LogP contribution in [-0.4, -0.2) is 39.3 Å². The molecule has 0 saturated carbocycles. The molecule has 1 N–H and O–H groups in total. The van der Waals surface area contributed by atoms with Gasteiger partial charge in [-0.05, 0) is 36.4 Å². The van der Waals surface area contributed by atoms with Gasteiger partial charge in [0.25, 0.3) is 0 Å². The summed E-state index contributed by atoms with van der Waals surface area (Å²) in [5.74, 6) is -1.39. The van der Waals surface area contributed by atoms with Gasteiger partial charge in [-0.3, -0.25) is 4.79 Å². The van der Waals surface area contributed by atoms with Gasteiger partial charge in [-0.1, -0.05) is 23.2 Å². The number of carbonyl (C=O) groups excluding carboxylic acids is 1. The van der Waals surface area contributed by atoms with E-state index in [1.54, 1.807) is 0 Å². The monoisotopic (exact) mass is 420 g/mol. The first kappa shape index (κ1) is 20.4. The van der Waals surface area contributed by atoms with Crippen molar-refractivity contribution >= 4 is 44.8 Å². The van der Waals surface area contributed by atoms with Gasteiger partial charge in [0, 0.05) is 22.8 Å². The van der Waals surface area contributed by atoms with Crippen LogP contribution in [0, 0.1) is 5.82 Å². The lowest BCUT2D eigenvalue weighted by molar-refractivity contribution is -0.116. The molecule has 2 rings (SSSR count). The first-order valence-corrected chi connectivity index (χ1v) is 9.39. The van der Waals surface area contributed by atoms with Gasteiger partial charge in [0.05, 0.1) is 13.7 Å². The minimum atomic E-state index is -4.15. The Morgan fingerprint density at radius 2 is 1.81 bits per heavy atom. The van der Waals surface area contributed by atoms with Crippen molar-refractivity contribution in [1.82, 2.24) is 4.31 Å². The van der Waals surface area contributed by atoms with Crippen LogP contribution in [0.5, 0.6) is 5.75 Å². The maximum atomic E-state index is 13.5. The molecule has 0 bridgehead atoms. The number of halogens is 3. The Balaban J connectivity index is 2.19. The summed E-state index contributed by atoms with van der Waals surface area (Å²) in [5, 5.41) is 3.13. The van der Waals surface area contributed by atoms with Crippen molar-refractivity contribution in [2.45, 2.75) is 4.90 Å². The zero-order valence-corrected chi connectivity index (χ0v) is 16.1. The summed E-state index contributed by atoms with van der Waals surface area (Å²) >= 11 is 11.7. The van der Waals surface area contributed by atoms with E-state index in [1.807, 2.05) is 0 Å². The highest BCUT2D eigenvalue weighted by atomic mass is 35.5. The number of rotatable bonds is 6. The zero-order chi connectivity index (χ0) is 19.5. The third-order valence-corrected chi connectivity index (χ3v) is 5.59. The van der Waals surface area contributed by atoms with Crippen molar-refractivity contribution in [2.24, 2.45) is 0 Å². The molecule has 0 saturated heterocycles. The number of ether oxygens (including phenoxy) is 1. The molecule has 0 aromatic heterocycles. The number of nitrogens with one attached hydrogen (secondary N) is 1. The van der Waals surface area contributed by atoms with E-state index in [0.29, 0.717) is 15.7 Å². The topological polar surface area (TPSA) is 75.7 Å². The van der Waals surface area contributed by atoms with Crippen LogP contribution in [0.25, 0.3) is 0 Å². The molecule has 0 aliphatic heterocycles. The number of likely N-dealkylation sites (N-methyl/N-ethyl adjacent to an activating group) is 1. The zero-order valence-electron chi connectivity index (χ0n) is 13.8. The largest absolute Gasteiger partial charge is 0.495 e. The molecule has 140 valence electrons. The van der Waals surface area contributed by atoms with Crippen molar-refractivity contribution < 1.29 is 22.3 Å². The lowest BCUT2D eigenvalue weighted by Crippen LogP contribution is -2.35. The molecule has 10 heteroatoms. The standard InChI is InChI=1S/C16H15Cl2FN2O4S/c1-21(9-16(22)20-13-6-10(17)5-11(18)7-13)26(23,24)15-8-12(19)3-4-14(15)25-2/h3-8H,9H2,1-2H3,(H,20,22). The molecule has 0 spiro atoms. The second-order valence-electron chi connectivity index (χ2n) is 5.26. The van der Waals surface area contributed by atoms with Crippen molar-refractivity contribution in [1.29, 1.82) is 0 Å². The fourth-order valence-electron chi connectivity index (χ4n) is 2.13. The smallest absolute Gasteiger partial charge is 0.247 e. The number of benzene rings is 2. The summed E-state index contributed by atoms with van der Waals surface area (Å²) in [6.45, 7) is -0.508. The maximum Gasteiger partial charge on any atom is 0.247 e. The van der Waals surface area contributed by atoms with Gasteiger partial charge in [-0.25, -0.2) is 12.8 Å². The third-order valence-electron chi connectivity index (χ3n) is 3.33. The third kappa shape index (κ3) is 4.85. The Morgan fingerprint density at radius 3 is 2.38 bits per heavy atom. The molecule has 0 aliphatic carbocycles. The van der Waals surface area contributed by atoms with Crippen LogP contribution < -0.4 is 10.1 Å². The van der Waals surface area contributed by atoms with Gasteiger partial charge < -0.3 is 10.1 Å². The molecule has 0 heterocycles. The van der Waals surface area contributed by atoms with Gasteiger partial charge >= 0.3 is 0 Å². The van der Waals surface area contributed by atoms with Crippen LogP contribution >= 0.6 is 23.2 Å². The minimum absolute atomic E-state index is 0.0275. The van der Waals surface area contributed by atoms with Gasteiger partial charge in [0.15, 0.2) is 0 Å². The van der Waals surface area contributed by atoms with Crippen molar-refractivity contribution in [3.8, 4) is 5.75 Å². The summed E-state index contributed by atoms with van der Waals surface area (Å²) in [4.78, 5) is 11.8. The minimum Gasteiger partial charge on any atom is -0.495 e. The average molecular weight is 421 g/mol. The number of anilines is 1. The normalized spacial score (nSPS) is 11.5. The SMILES string of the molecule is COc1ccc(F)cc1S(=O)(=O)N(C)CC(=O)Nc1cc(Cl)cc(Cl)c1.